The minimum absolute atomic E-state index is 0.0136. The van der Waals surface area contributed by atoms with E-state index < -0.39 is 0 Å². The molecular weight excluding hydrogens is 328 g/mol. The van der Waals surface area contributed by atoms with Crippen molar-refractivity contribution in [1.82, 2.24) is 20.0 Å². The molecule has 2 heterocycles. The average molecular weight is 354 g/mol. The molecule has 0 saturated carbocycles. The Morgan fingerprint density at radius 3 is 2.85 bits per heavy atom. The van der Waals surface area contributed by atoms with Crippen LogP contribution in [0.2, 0.25) is 0 Å². The van der Waals surface area contributed by atoms with Gasteiger partial charge in [-0.25, -0.2) is 4.68 Å². The lowest BCUT2D eigenvalue weighted by Crippen LogP contribution is -2.38. The number of para-hydroxylation sites is 1. The maximum Gasteiger partial charge on any atom is 0.222 e. The number of rotatable bonds is 7. The second kappa shape index (κ2) is 9.17. The molecule has 1 saturated heterocycles. The number of hydrogen-bond donors (Lipinski definition) is 1. The van der Waals surface area contributed by atoms with Gasteiger partial charge in [0.1, 0.15) is 0 Å². The maximum absolute atomic E-state index is 12.0. The summed E-state index contributed by atoms with van der Waals surface area (Å²) < 4.78 is 1.82. The fourth-order valence-corrected chi connectivity index (χ4v) is 3.16. The zero-order chi connectivity index (χ0) is 18.2. The van der Waals surface area contributed by atoms with E-state index in [4.69, 9.17) is 0 Å². The van der Waals surface area contributed by atoms with Gasteiger partial charge >= 0.3 is 0 Å². The van der Waals surface area contributed by atoms with Gasteiger partial charge in [-0.15, -0.1) is 0 Å². The first kappa shape index (κ1) is 18.2. The molecule has 0 bridgehead atoms. The van der Waals surface area contributed by atoms with Crippen LogP contribution in [0.3, 0.4) is 0 Å². The Morgan fingerprint density at radius 1 is 1.15 bits per heavy atom. The van der Waals surface area contributed by atoms with E-state index in [-0.39, 0.29) is 11.8 Å². The van der Waals surface area contributed by atoms with Gasteiger partial charge in [-0.3, -0.25) is 9.59 Å². The quantitative estimate of drug-likeness (QED) is 0.830. The summed E-state index contributed by atoms with van der Waals surface area (Å²) in [4.78, 5) is 25.8. The Labute approximate surface area is 154 Å². The van der Waals surface area contributed by atoms with E-state index in [9.17, 15) is 9.59 Å². The third-order valence-electron chi connectivity index (χ3n) is 4.67. The molecule has 0 atom stereocenters. The Kier molecular flexibility index (Phi) is 6.41. The van der Waals surface area contributed by atoms with Gasteiger partial charge in [0.2, 0.25) is 11.8 Å². The van der Waals surface area contributed by atoms with Crippen LogP contribution >= 0.6 is 0 Å². The third-order valence-corrected chi connectivity index (χ3v) is 4.67. The summed E-state index contributed by atoms with van der Waals surface area (Å²) in [5.74, 6) is 0.227. The van der Waals surface area contributed by atoms with Gasteiger partial charge in [-0.1, -0.05) is 24.6 Å². The molecule has 1 aromatic heterocycles. The zero-order valence-electron chi connectivity index (χ0n) is 15.1. The molecule has 0 aliphatic carbocycles. The summed E-state index contributed by atoms with van der Waals surface area (Å²) >= 11 is 0. The number of aromatic nitrogens is 2. The lowest BCUT2D eigenvalue weighted by Gasteiger charge is -2.20. The molecule has 138 valence electrons. The maximum atomic E-state index is 12.0. The highest BCUT2D eigenvalue weighted by Crippen LogP contribution is 2.11. The Morgan fingerprint density at radius 2 is 2.00 bits per heavy atom. The van der Waals surface area contributed by atoms with E-state index in [1.54, 1.807) is 6.20 Å². The highest BCUT2D eigenvalue weighted by molar-refractivity contribution is 5.77. The lowest BCUT2D eigenvalue weighted by molar-refractivity contribution is -0.131. The lowest BCUT2D eigenvalue weighted by atomic mass is 10.2. The topological polar surface area (TPSA) is 67.2 Å². The Bertz CT molecular complexity index is 726. The smallest absolute Gasteiger partial charge is 0.222 e. The number of likely N-dealkylation sites (tertiary alicyclic amines) is 1. The van der Waals surface area contributed by atoms with Crippen LogP contribution in [0.5, 0.6) is 0 Å². The van der Waals surface area contributed by atoms with Crippen LogP contribution < -0.4 is 5.32 Å². The van der Waals surface area contributed by atoms with E-state index in [1.807, 2.05) is 46.1 Å². The summed E-state index contributed by atoms with van der Waals surface area (Å²) in [5.41, 5.74) is 2.04. The number of carbonyl (C=O) groups excluding carboxylic acids is 2. The number of aryl methyl sites for hydroxylation is 1. The van der Waals surface area contributed by atoms with Gasteiger partial charge in [0.15, 0.2) is 0 Å². The van der Waals surface area contributed by atoms with Crippen LogP contribution in [0.1, 0.15) is 37.7 Å². The van der Waals surface area contributed by atoms with Gasteiger partial charge in [0.25, 0.3) is 0 Å². The second-order valence-electron chi connectivity index (χ2n) is 6.67. The predicted octanol–water partition coefficient (Wildman–Crippen LogP) is 2.32. The molecule has 2 aromatic rings. The Balaban J connectivity index is 1.39. The molecule has 1 aliphatic heterocycles. The number of hydrogen-bond acceptors (Lipinski definition) is 3. The molecule has 6 heteroatoms. The molecule has 1 aliphatic rings. The van der Waals surface area contributed by atoms with Gasteiger partial charge in [-0.2, -0.15) is 5.10 Å². The minimum atomic E-state index is 0.0136. The van der Waals surface area contributed by atoms with Crippen LogP contribution in [0.4, 0.5) is 0 Å². The van der Waals surface area contributed by atoms with Crippen molar-refractivity contribution in [2.75, 3.05) is 19.6 Å². The van der Waals surface area contributed by atoms with Crippen molar-refractivity contribution in [2.45, 2.75) is 38.5 Å². The van der Waals surface area contributed by atoms with Gasteiger partial charge < -0.3 is 10.2 Å². The highest BCUT2D eigenvalue weighted by atomic mass is 16.2. The van der Waals surface area contributed by atoms with Crippen LogP contribution in [0.25, 0.3) is 5.69 Å². The monoisotopic (exact) mass is 354 g/mol. The van der Waals surface area contributed by atoms with E-state index in [1.165, 1.54) is 0 Å². The predicted molar refractivity (Wildman–Crippen MR) is 99.9 cm³/mol. The van der Waals surface area contributed by atoms with Crippen LogP contribution in [-0.2, 0) is 16.0 Å². The van der Waals surface area contributed by atoms with Crippen molar-refractivity contribution in [2.24, 2.45) is 0 Å². The van der Waals surface area contributed by atoms with Crippen LogP contribution in [0, 0.1) is 0 Å². The van der Waals surface area contributed by atoms with E-state index >= 15 is 0 Å². The first-order valence-corrected chi connectivity index (χ1v) is 9.36. The van der Waals surface area contributed by atoms with E-state index in [2.05, 4.69) is 10.4 Å². The van der Waals surface area contributed by atoms with Crippen molar-refractivity contribution in [3.05, 3.63) is 48.3 Å². The van der Waals surface area contributed by atoms with Gasteiger partial charge in [-0.05, 0) is 37.0 Å². The molecule has 2 amide bonds. The van der Waals surface area contributed by atoms with Crippen molar-refractivity contribution in [1.29, 1.82) is 0 Å². The summed E-state index contributed by atoms with van der Waals surface area (Å²) in [7, 11) is 0. The van der Waals surface area contributed by atoms with Gasteiger partial charge in [0.05, 0.1) is 11.9 Å². The fraction of sp³-hybridized carbons (Fsp3) is 0.450. The number of nitrogens with one attached hydrogen (secondary N) is 1. The molecule has 1 aromatic carbocycles. The molecule has 6 nitrogen and oxygen atoms in total. The molecule has 1 N–H and O–H groups in total. The van der Waals surface area contributed by atoms with Crippen molar-refractivity contribution >= 4 is 11.8 Å². The van der Waals surface area contributed by atoms with Crippen LogP contribution in [0.15, 0.2) is 42.7 Å². The van der Waals surface area contributed by atoms with Crippen molar-refractivity contribution in [3.8, 4) is 5.69 Å². The summed E-state index contributed by atoms with van der Waals surface area (Å²) in [6.45, 7) is 1.94. The van der Waals surface area contributed by atoms with Gasteiger partial charge in [0, 0.05) is 38.7 Å². The standard InChI is InChI=1S/C20H26N4O2/c25-19(21-12-14-23-13-6-2-5-9-20(23)26)11-10-17-15-22-24(16-17)18-7-3-1-4-8-18/h1,3-4,7-8,15-16H,2,5-6,9-14H2,(H,21,25). The normalized spacial score (nSPS) is 14.9. The molecule has 26 heavy (non-hydrogen) atoms. The average Bonchev–Trinajstić information content (AvgIpc) is 3.05. The highest BCUT2D eigenvalue weighted by Gasteiger charge is 2.16. The van der Waals surface area contributed by atoms with Crippen molar-refractivity contribution in [3.63, 3.8) is 0 Å². The summed E-state index contributed by atoms with van der Waals surface area (Å²) in [5, 5.41) is 7.27. The zero-order valence-corrected chi connectivity index (χ0v) is 15.1. The molecule has 0 radical (unpaired) electrons. The second-order valence-corrected chi connectivity index (χ2v) is 6.67. The number of benzene rings is 1. The third kappa shape index (κ3) is 5.18. The number of amides is 2. The molecular formula is C20H26N4O2. The first-order chi connectivity index (χ1) is 12.7. The number of carbonyl (C=O) groups is 2. The van der Waals surface area contributed by atoms with Crippen LogP contribution in [-0.4, -0.2) is 46.1 Å². The minimum Gasteiger partial charge on any atom is -0.354 e. The largest absolute Gasteiger partial charge is 0.354 e. The molecule has 0 spiro atoms. The Hall–Kier alpha value is -2.63. The molecule has 1 fully saturated rings. The van der Waals surface area contributed by atoms with E-state index in [0.717, 1.165) is 37.1 Å². The molecule has 0 unspecified atom stereocenters. The summed E-state index contributed by atoms with van der Waals surface area (Å²) in [6, 6.07) is 9.90. The first-order valence-electron chi connectivity index (χ1n) is 9.36. The number of nitrogens with zero attached hydrogens (tertiary/aromatic N) is 3. The van der Waals surface area contributed by atoms with Crippen molar-refractivity contribution < 1.29 is 9.59 Å². The SMILES string of the molecule is O=C(CCc1cnn(-c2ccccc2)c1)NCCN1CCCCCC1=O. The van der Waals surface area contributed by atoms with E-state index in [0.29, 0.717) is 32.4 Å². The summed E-state index contributed by atoms with van der Waals surface area (Å²) in [6.07, 6.45) is 8.64. The molecule has 3 rings (SSSR count). The fourth-order valence-electron chi connectivity index (χ4n) is 3.16.